The Labute approximate surface area is 224 Å². The highest BCUT2D eigenvalue weighted by atomic mass is 32.2. The lowest BCUT2D eigenvalue weighted by Gasteiger charge is -2.12. The van der Waals surface area contributed by atoms with E-state index in [1.165, 1.54) is 17.3 Å². The minimum absolute atomic E-state index is 0.0755. The number of rotatable bonds is 7. The number of aryl methyl sites for hydroxylation is 1. The molecule has 3 aromatic carbocycles. The van der Waals surface area contributed by atoms with Crippen molar-refractivity contribution in [3.05, 3.63) is 100.0 Å². The Morgan fingerprint density at radius 1 is 0.974 bits per heavy atom. The molecule has 38 heavy (non-hydrogen) atoms. The van der Waals surface area contributed by atoms with E-state index in [4.69, 9.17) is 4.74 Å². The summed E-state index contributed by atoms with van der Waals surface area (Å²) < 4.78 is 32.7. The maximum Gasteiger partial charge on any atom is 0.304 e. The summed E-state index contributed by atoms with van der Waals surface area (Å²) in [6.45, 7) is 2.40. The molecule has 2 saturated heterocycles. The van der Waals surface area contributed by atoms with Crippen LogP contribution >= 0.6 is 11.8 Å². The Bertz CT molecular complexity index is 1530. The number of thioether (sulfide) groups is 1. The minimum atomic E-state index is -3.78. The van der Waals surface area contributed by atoms with Crippen molar-refractivity contribution in [2.45, 2.75) is 20.1 Å². The molecule has 11 heteroatoms. The molecule has 0 saturated carbocycles. The lowest BCUT2D eigenvalue weighted by Crippen LogP contribution is -2.29. The molecule has 3 aromatic rings. The van der Waals surface area contributed by atoms with Crippen molar-refractivity contribution in [3.8, 4) is 5.75 Å². The summed E-state index contributed by atoms with van der Waals surface area (Å²) in [5.74, 6) is -0.0399. The van der Waals surface area contributed by atoms with Crippen LogP contribution in [0.2, 0.25) is 0 Å². The summed E-state index contributed by atoms with van der Waals surface area (Å²) in [5, 5.41) is 3.21. The number of carbonyl (C=O) groups excluding carboxylic acids is 2. The molecule has 0 aromatic heterocycles. The number of aliphatic imine (C=N–C) groups is 1. The van der Waals surface area contributed by atoms with Crippen molar-refractivity contribution >= 4 is 50.7 Å². The highest BCUT2D eigenvalue weighted by Crippen LogP contribution is 2.29. The number of benzene rings is 3. The van der Waals surface area contributed by atoms with Crippen LogP contribution < -0.4 is 14.8 Å². The third-order valence-corrected chi connectivity index (χ3v) is 8.12. The van der Waals surface area contributed by atoms with E-state index < -0.39 is 16.1 Å². The average molecular weight is 549 g/mol. The number of ether oxygens (including phenoxy) is 1. The summed E-state index contributed by atoms with van der Waals surface area (Å²) in [7, 11) is -3.78. The molecule has 2 heterocycles. The van der Waals surface area contributed by atoms with Gasteiger partial charge in [-0.25, -0.2) is 9.71 Å². The second kappa shape index (κ2) is 10.8. The van der Waals surface area contributed by atoms with E-state index in [0.29, 0.717) is 27.9 Å². The van der Waals surface area contributed by atoms with Gasteiger partial charge in [0.15, 0.2) is 5.17 Å². The molecule has 0 aliphatic carbocycles. The van der Waals surface area contributed by atoms with Crippen molar-refractivity contribution in [2.75, 3.05) is 6.54 Å². The van der Waals surface area contributed by atoms with Crippen LogP contribution in [0.15, 0.2) is 82.7 Å². The van der Waals surface area contributed by atoms with E-state index >= 15 is 0 Å². The van der Waals surface area contributed by atoms with Crippen LogP contribution in [-0.2, 0) is 33.0 Å². The molecule has 0 spiro atoms. The number of hydrogen-bond acceptors (Lipinski definition) is 7. The fourth-order valence-electron chi connectivity index (χ4n) is 3.77. The van der Waals surface area contributed by atoms with Gasteiger partial charge in [-0.3, -0.25) is 9.59 Å². The molecule has 2 aliphatic rings. The molecule has 0 atom stereocenters. The third-order valence-electron chi connectivity index (χ3n) is 5.78. The van der Waals surface area contributed by atoms with E-state index in [2.05, 4.69) is 22.4 Å². The number of amidine groups is 1. The number of nitrogens with one attached hydrogen (secondary N) is 2. The molecule has 9 nitrogen and oxygen atoms in total. The predicted molar refractivity (Wildman–Crippen MR) is 147 cm³/mol. The SMILES string of the molecule is Cc1ccc(COc2ccc(/C=C3/SC(=Nc4ccc(CN5CC(=O)NS5(=O)=O)cc4)NC3=O)cc2)cc1. The lowest BCUT2D eigenvalue weighted by molar-refractivity contribution is -0.118. The first kappa shape index (κ1) is 25.7. The van der Waals surface area contributed by atoms with E-state index in [-0.39, 0.29) is 19.0 Å². The monoisotopic (exact) mass is 548 g/mol. The zero-order chi connectivity index (χ0) is 26.7. The Hall–Kier alpha value is -3.93. The molecular weight excluding hydrogens is 524 g/mol. The molecule has 2 N–H and O–H groups in total. The Morgan fingerprint density at radius 3 is 2.32 bits per heavy atom. The van der Waals surface area contributed by atoms with Gasteiger partial charge in [0.2, 0.25) is 5.91 Å². The summed E-state index contributed by atoms with van der Waals surface area (Å²) in [5.41, 5.74) is 4.47. The van der Waals surface area contributed by atoms with Crippen LogP contribution in [0, 0.1) is 6.92 Å². The zero-order valence-electron chi connectivity index (χ0n) is 20.4. The van der Waals surface area contributed by atoms with Gasteiger partial charge in [-0.05, 0) is 65.7 Å². The Morgan fingerprint density at radius 2 is 1.66 bits per heavy atom. The second-order valence-electron chi connectivity index (χ2n) is 8.79. The molecule has 2 aliphatic heterocycles. The van der Waals surface area contributed by atoms with Crippen molar-refractivity contribution in [3.63, 3.8) is 0 Å². The predicted octanol–water partition coefficient (Wildman–Crippen LogP) is 3.64. The van der Waals surface area contributed by atoms with Gasteiger partial charge in [0.05, 0.1) is 17.1 Å². The quantitative estimate of drug-likeness (QED) is 0.436. The first-order chi connectivity index (χ1) is 18.2. The topological polar surface area (TPSA) is 117 Å². The maximum absolute atomic E-state index is 12.5. The molecule has 194 valence electrons. The fraction of sp³-hybridized carbons (Fsp3) is 0.148. The van der Waals surface area contributed by atoms with E-state index in [1.807, 2.05) is 48.0 Å². The van der Waals surface area contributed by atoms with Crippen LogP contribution in [0.1, 0.15) is 22.3 Å². The van der Waals surface area contributed by atoms with Crippen molar-refractivity contribution in [2.24, 2.45) is 4.99 Å². The van der Waals surface area contributed by atoms with Crippen molar-refractivity contribution in [1.29, 1.82) is 0 Å². The van der Waals surface area contributed by atoms with Crippen molar-refractivity contribution < 1.29 is 22.7 Å². The minimum Gasteiger partial charge on any atom is -0.489 e. The molecule has 2 fully saturated rings. The van der Waals surface area contributed by atoms with Gasteiger partial charge in [-0.1, -0.05) is 54.1 Å². The first-order valence-corrected chi connectivity index (χ1v) is 14.0. The maximum atomic E-state index is 12.5. The summed E-state index contributed by atoms with van der Waals surface area (Å²) in [4.78, 5) is 28.8. The first-order valence-electron chi connectivity index (χ1n) is 11.7. The van der Waals surface area contributed by atoms with Crippen LogP contribution in [0.4, 0.5) is 5.69 Å². The molecular formula is C27H24N4O5S2. The number of hydrogen-bond donors (Lipinski definition) is 2. The Kier molecular flexibility index (Phi) is 7.32. The highest BCUT2D eigenvalue weighted by molar-refractivity contribution is 8.18. The zero-order valence-corrected chi connectivity index (χ0v) is 22.0. The molecule has 0 radical (unpaired) electrons. The summed E-state index contributed by atoms with van der Waals surface area (Å²) in [6, 6.07) is 22.6. The number of carbonyl (C=O) groups is 2. The van der Waals surface area contributed by atoms with Gasteiger partial charge < -0.3 is 10.1 Å². The van der Waals surface area contributed by atoms with Gasteiger partial charge in [0, 0.05) is 6.54 Å². The third kappa shape index (κ3) is 6.31. The highest BCUT2D eigenvalue weighted by Gasteiger charge is 2.33. The van der Waals surface area contributed by atoms with Crippen LogP contribution in [0.3, 0.4) is 0 Å². The Balaban J connectivity index is 1.19. The number of amides is 2. The second-order valence-corrected chi connectivity index (χ2v) is 11.5. The van der Waals surface area contributed by atoms with Gasteiger partial charge >= 0.3 is 10.2 Å². The van der Waals surface area contributed by atoms with Crippen LogP contribution in [-0.4, -0.2) is 36.2 Å². The van der Waals surface area contributed by atoms with Crippen molar-refractivity contribution in [1.82, 2.24) is 14.3 Å². The fourth-order valence-corrected chi connectivity index (χ4v) is 5.70. The number of nitrogens with zero attached hydrogens (tertiary/aromatic N) is 2. The largest absolute Gasteiger partial charge is 0.489 e. The van der Waals surface area contributed by atoms with Gasteiger partial charge in [-0.15, -0.1) is 0 Å². The van der Waals surface area contributed by atoms with Gasteiger partial charge in [0.1, 0.15) is 12.4 Å². The molecule has 0 bridgehead atoms. The van der Waals surface area contributed by atoms with E-state index in [1.54, 1.807) is 30.3 Å². The molecule has 2 amide bonds. The molecule has 0 unspecified atom stereocenters. The molecule has 5 rings (SSSR count). The van der Waals surface area contributed by atoms with E-state index in [0.717, 1.165) is 21.2 Å². The average Bonchev–Trinajstić information content (AvgIpc) is 3.36. The standard InChI is InChI=1S/C27H24N4O5S2/c1-18-2-4-21(5-3-18)17-36-23-12-8-19(9-13-23)14-24-26(33)29-27(37-24)28-22-10-6-20(7-11-22)15-31-16-25(32)30-38(31,34)35/h2-14H,15-17H2,1H3,(H,30,32)(H,28,29,33)/b24-14+. The van der Waals surface area contributed by atoms with Crippen LogP contribution in [0.25, 0.3) is 6.08 Å². The van der Waals surface area contributed by atoms with Gasteiger partial charge in [0.25, 0.3) is 5.91 Å². The van der Waals surface area contributed by atoms with E-state index in [9.17, 15) is 18.0 Å². The van der Waals surface area contributed by atoms with Crippen LogP contribution in [0.5, 0.6) is 5.75 Å². The summed E-state index contributed by atoms with van der Waals surface area (Å²) >= 11 is 1.24. The smallest absolute Gasteiger partial charge is 0.304 e. The normalized spacial score (nSPS) is 19.1. The van der Waals surface area contributed by atoms with Gasteiger partial charge in [-0.2, -0.15) is 12.7 Å². The summed E-state index contributed by atoms with van der Waals surface area (Å²) in [6.07, 6.45) is 1.79. The lowest BCUT2D eigenvalue weighted by atomic mass is 10.1.